The van der Waals surface area contributed by atoms with Crippen molar-refractivity contribution in [2.45, 2.75) is 6.92 Å². The number of halogens is 1. The third kappa shape index (κ3) is 3.00. The molecular weight excluding hydrogens is 266 g/mol. The Kier molecular flexibility index (Phi) is 3.97. The van der Waals surface area contributed by atoms with Gasteiger partial charge in [-0.2, -0.15) is 5.10 Å². The van der Waals surface area contributed by atoms with Gasteiger partial charge in [0, 0.05) is 17.3 Å². The van der Waals surface area contributed by atoms with E-state index in [0.717, 1.165) is 5.56 Å². The zero-order valence-electron chi connectivity index (χ0n) is 10.5. The summed E-state index contributed by atoms with van der Waals surface area (Å²) >= 11 is 6.00. The summed E-state index contributed by atoms with van der Waals surface area (Å²) in [5.41, 5.74) is 1.62. The fraction of sp³-hybridized carbons (Fsp3) is 0.154. The van der Waals surface area contributed by atoms with E-state index < -0.39 is 0 Å². The molecule has 0 aliphatic heterocycles. The van der Waals surface area contributed by atoms with Gasteiger partial charge in [0.1, 0.15) is 5.75 Å². The SMILES string of the molecule is COc1cc(Cl)c(C)cc1NC(=O)c1cccnn1. The van der Waals surface area contributed by atoms with Crippen molar-refractivity contribution < 1.29 is 9.53 Å². The number of methoxy groups -OCH3 is 1. The number of ether oxygens (including phenoxy) is 1. The van der Waals surface area contributed by atoms with Crippen molar-refractivity contribution in [2.24, 2.45) is 0 Å². The highest BCUT2D eigenvalue weighted by Crippen LogP contribution is 2.31. The maximum atomic E-state index is 12.0. The highest BCUT2D eigenvalue weighted by Gasteiger charge is 2.12. The van der Waals surface area contributed by atoms with Crippen LogP contribution in [0.4, 0.5) is 5.69 Å². The molecule has 1 aromatic carbocycles. The van der Waals surface area contributed by atoms with Crippen LogP contribution in [0.25, 0.3) is 0 Å². The molecular formula is C13H12ClN3O2. The smallest absolute Gasteiger partial charge is 0.276 e. The molecule has 0 aliphatic rings. The summed E-state index contributed by atoms with van der Waals surface area (Å²) in [4.78, 5) is 12.0. The normalized spacial score (nSPS) is 10.1. The summed E-state index contributed by atoms with van der Waals surface area (Å²) in [6.45, 7) is 1.85. The van der Waals surface area contributed by atoms with E-state index in [9.17, 15) is 4.79 Å². The van der Waals surface area contributed by atoms with E-state index in [1.165, 1.54) is 13.3 Å². The number of carbonyl (C=O) groups is 1. The van der Waals surface area contributed by atoms with Gasteiger partial charge in [-0.15, -0.1) is 5.10 Å². The van der Waals surface area contributed by atoms with E-state index in [4.69, 9.17) is 16.3 Å². The van der Waals surface area contributed by atoms with Crippen LogP contribution in [0.3, 0.4) is 0 Å². The van der Waals surface area contributed by atoms with Gasteiger partial charge in [0.2, 0.25) is 0 Å². The Balaban J connectivity index is 2.28. The first kappa shape index (κ1) is 13.3. The number of aryl methyl sites for hydroxylation is 1. The van der Waals surface area contributed by atoms with Gasteiger partial charge in [-0.1, -0.05) is 11.6 Å². The second kappa shape index (κ2) is 5.67. The molecule has 1 amide bonds. The Morgan fingerprint density at radius 1 is 1.42 bits per heavy atom. The fourth-order valence-electron chi connectivity index (χ4n) is 1.54. The number of nitrogens with one attached hydrogen (secondary N) is 1. The summed E-state index contributed by atoms with van der Waals surface area (Å²) in [6, 6.07) is 6.63. The van der Waals surface area contributed by atoms with E-state index in [1.807, 2.05) is 6.92 Å². The summed E-state index contributed by atoms with van der Waals surface area (Å²) in [5, 5.41) is 10.7. The van der Waals surface area contributed by atoms with E-state index in [1.54, 1.807) is 24.3 Å². The maximum absolute atomic E-state index is 12.0. The zero-order chi connectivity index (χ0) is 13.8. The largest absolute Gasteiger partial charge is 0.495 e. The van der Waals surface area contributed by atoms with Crippen LogP contribution in [-0.2, 0) is 0 Å². The molecule has 0 bridgehead atoms. The van der Waals surface area contributed by atoms with E-state index in [2.05, 4.69) is 15.5 Å². The lowest BCUT2D eigenvalue weighted by atomic mass is 10.2. The molecule has 6 heteroatoms. The second-order valence-corrected chi connectivity index (χ2v) is 4.27. The van der Waals surface area contributed by atoms with Crippen LogP contribution in [0, 0.1) is 6.92 Å². The standard InChI is InChI=1S/C13H12ClN3O2/c1-8-6-11(12(19-2)7-9(8)14)16-13(18)10-4-3-5-15-17-10/h3-7H,1-2H3,(H,16,18). The average Bonchev–Trinajstić information content (AvgIpc) is 2.43. The maximum Gasteiger partial charge on any atom is 0.276 e. The molecule has 0 unspecified atom stereocenters. The highest BCUT2D eigenvalue weighted by atomic mass is 35.5. The number of amides is 1. The van der Waals surface area contributed by atoms with Gasteiger partial charge in [-0.3, -0.25) is 4.79 Å². The quantitative estimate of drug-likeness (QED) is 0.937. The Morgan fingerprint density at radius 3 is 2.84 bits per heavy atom. The topological polar surface area (TPSA) is 64.1 Å². The summed E-state index contributed by atoms with van der Waals surface area (Å²) in [6.07, 6.45) is 1.50. The first-order valence-corrected chi connectivity index (χ1v) is 5.93. The lowest BCUT2D eigenvalue weighted by Crippen LogP contribution is -2.14. The van der Waals surface area contributed by atoms with Crippen LogP contribution < -0.4 is 10.1 Å². The average molecular weight is 278 g/mol. The summed E-state index contributed by atoms with van der Waals surface area (Å²) < 4.78 is 5.18. The van der Waals surface area contributed by atoms with Gasteiger partial charge < -0.3 is 10.1 Å². The van der Waals surface area contributed by atoms with Crippen LogP contribution in [0.15, 0.2) is 30.5 Å². The van der Waals surface area contributed by atoms with Crippen LogP contribution in [0.5, 0.6) is 5.75 Å². The van der Waals surface area contributed by atoms with Crippen molar-refractivity contribution >= 4 is 23.2 Å². The lowest BCUT2D eigenvalue weighted by Gasteiger charge is -2.11. The molecule has 1 aromatic heterocycles. The molecule has 0 aliphatic carbocycles. The molecule has 0 radical (unpaired) electrons. The summed E-state index contributed by atoms with van der Waals surface area (Å²) in [5.74, 6) is 0.140. The molecule has 5 nitrogen and oxygen atoms in total. The molecule has 19 heavy (non-hydrogen) atoms. The van der Waals surface area contributed by atoms with Gasteiger partial charge in [0.15, 0.2) is 5.69 Å². The van der Waals surface area contributed by atoms with Crippen molar-refractivity contribution in [3.8, 4) is 5.75 Å². The molecule has 0 saturated carbocycles. The fourth-order valence-corrected chi connectivity index (χ4v) is 1.69. The number of aromatic nitrogens is 2. The minimum atomic E-state index is -0.354. The molecule has 1 N–H and O–H groups in total. The van der Waals surface area contributed by atoms with Crippen molar-refractivity contribution in [3.05, 3.63) is 46.7 Å². The molecule has 0 fully saturated rings. The molecule has 0 spiro atoms. The van der Waals surface area contributed by atoms with Crippen LogP contribution >= 0.6 is 11.6 Å². The van der Waals surface area contributed by atoms with Crippen LogP contribution in [0.2, 0.25) is 5.02 Å². The number of nitrogens with zero attached hydrogens (tertiary/aromatic N) is 2. The van der Waals surface area contributed by atoms with Crippen LogP contribution in [0.1, 0.15) is 16.1 Å². The van der Waals surface area contributed by atoms with E-state index in [0.29, 0.717) is 16.5 Å². The molecule has 2 rings (SSSR count). The van der Waals surface area contributed by atoms with Gasteiger partial charge in [0.25, 0.3) is 5.91 Å². The molecule has 1 heterocycles. The van der Waals surface area contributed by atoms with Gasteiger partial charge in [0.05, 0.1) is 12.8 Å². The van der Waals surface area contributed by atoms with Gasteiger partial charge >= 0.3 is 0 Å². The Hall–Kier alpha value is -2.14. The van der Waals surface area contributed by atoms with Crippen molar-refractivity contribution in [1.29, 1.82) is 0 Å². The van der Waals surface area contributed by atoms with E-state index >= 15 is 0 Å². The number of benzene rings is 1. The predicted molar refractivity (Wildman–Crippen MR) is 72.7 cm³/mol. The second-order valence-electron chi connectivity index (χ2n) is 3.86. The molecule has 2 aromatic rings. The number of rotatable bonds is 3. The highest BCUT2D eigenvalue weighted by molar-refractivity contribution is 6.31. The number of anilines is 1. The molecule has 0 atom stereocenters. The number of hydrogen-bond donors (Lipinski definition) is 1. The third-order valence-electron chi connectivity index (χ3n) is 2.53. The molecule has 98 valence electrons. The van der Waals surface area contributed by atoms with Gasteiger partial charge in [-0.25, -0.2) is 0 Å². The first-order chi connectivity index (χ1) is 9.11. The lowest BCUT2D eigenvalue weighted by molar-refractivity contribution is 0.102. The Bertz CT molecular complexity index is 602. The van der Waals surface area contributed by atoms with Crippen molar-refractivity contribution in [3.63, 3.8) is 0 Å². The monoisotopic (exact) mass is 277 g/mol. The zero-order valence-corrected chi connectivity index (χ0v) is 11.2. The Morgan fingerprint density at radius 2 is 2.21 bits per heavy atom. The van der Waals surface area contributed by atoms with Crippen molar-refractivity contribution in [2.75, 3.05) is 12.4 Å². The predicted octanol–water partition coefficient (Wildman–Crippen LogP) is 2.70. The van der Waals surface area contributed by atoms with E-state index in [-0.39, 0.29) is 11.6 Å². The molecule has 0 saturated heterocycles. The number of hydrogen-bond acceptors (Lipinski definition) is 4. The van der Waals surface area contributed by atoms with Crippen LogP contribution in [-0.4, -0.2) is 23.2 Å². The minimum absolute atomic E-state index is 0.233. The first-order valence-electron chi connectivity index (χ1n) is 5.55. The minimum Gasteiger partial charge on any atom is -0.495 e. The van der Waals surface area contributed by atoms with Crippen molar-refractivity contribution in [1.82, 2.24) is 10.2 Å². The number of carbonyl (C=O) groups excluding carboxylic acids is 1. The Labute approximate surface area is 115 Å². The van der Waals surface area contributed by atoms with Gasteiger partial charge in [-0.05, 0) is 30.7 Å². The third-order valence-corrected chi connectivity index (χ3v) is 2.94. The summed E-state index contributed by atoms with van der Waals surface area (Å²) in [7, 11) is 1.51.